The summed E-state index contributed by atoms with van der Waals surface area (Å²) in [5.74, 6) is -3.45. The van der Waals surface area contributed by atoms with Gasteiger partial charge in [-0.15, -0.1) is 0 Å². The largest absolute Gasteiger partial charge is 0.391 e. The van der Waals surface area contributed by atoms with Gasteiger partial charge in [0.15, 0.2) is 0 Å². The quantitative estimate of drug-likeness (QED) is 0.278. The Hall–Kier alpha value is -3.40. The van der Waals surface area contributed by atoms with E-state index in [9.17, 15) is 28.6 Å². The van der Waals surface area contributed by atoms with Crippen molar-refractivity contribution in [1.29, 1.82) is 0 Å². The Labute approximate surface area is 252 Å². The van der Waals surface area contributed by atoms with Gasteiger partial charge in [-0.3, -0.25) is 9.59 Å². The molecule has 2 aliphatic carbocycles. The van der Waals surface area contributed by atoms with E-state index >= 15 is 0 Å². The van der Waals surface area contributed by atoms with Crippen molar-refractivity contribution in [3.05, 3.63) is 94.1 Å². The molecular formula is C34H43F2N3O4. The van der Waals surface area contributed by atoms with Crippen molar-refractivity contribution >= 4 is 11.8 Å². The predicted octanol–water partition coefficient (Wildman–Crippen LogP) is 4.13. The lowest BCUT2D eigenvalue weighted by atomic mass is 9.63. The Morgan fingerprint density at radius 1 is 1.12 bits per heavy atom. The molecule has 0 aliphatic heterocycles. The van der Waals surface area contributed by atoms with Crippen LogP contribution in [0.1, 0.15) is 62.8 Å². The first-order chi connectivity index (χ1) is 20.5. The van der Waals surface area contributed by atoms with Gasteiger partial charge in [-0.2, -0.15) is 0 Å². The molecule has 7 nitrogen and oxygen atoms in total. The van der Waals surface area contributed by atoms with Crippen LogP contribution in [0.15, 0.2) is 65.8 Å². The molecule has 1 unspecified atom stereocenters. The number of primary amides is 1. The van der Waals surface area contributed by atoms with Crippen molar-refractivity contribution in [1.82, 2.24) is 10.2 Å². The van der Waals surface area contributed by atoms with Crippen LogP contribution in [0.3, 0.4) is 0 Å². The lowest BCUT2D eigenvalue weighted by molar-refractivity contribution is -0.132. The number of hydrogen-bond donors (Lipinski definition) is 4. The first kappa shape index (κ1) is 32.5. The predicted molar refractivity (Wildman–Crippen MR) is 162 cm³/mol. The third kappa shape index (κ3) is 7.22. The fourth-order valence-electron chi connectivity index (χ4n) is 6.77. The van der Waals surface area contributed by atoms with Gasteiger partial charge >= 0.3 is 0 Å². The van der Waals surface area contributed by atoms with Crippen molar-refractivity contribution in [2.75, 3.05) is 19.6 Å². The van der Waals surface area contributed by atoms with Crippen LogP contribution in [-0.2, 0) is 22.4 Å². The van der Waals surface area contributed by atoms with E-state index in [1.165, 1.54) is 12.1 Å². The minimum Gasteiger partial charge on any atom is -0.391 e. The van der Waals surface area contributed by atoms with Gasteiger partial charge in [0.25, 0.3) is 0 Å². The molecule has 4 rings (SSSR count). The number of allylic oxidation sites excluding steroid dienone is 2. The molecule has 2 aromatic carbocycles. The van der Waals surface area contributed by atoms with Crippen LogP contribution in [0, 0.1) is 23.0 Å². The summed E-state index contributed by atoms with van der Waals surface area (Å²) in [6, 6.07) is 10.3. The van der Waals surface area contributed by atoms with Gasteiger partial charge in [0.05, 0.1) is 23.7 Å². The van der Waals surface area contributed by atoms with E-state index in [4.69, 9.17) is 5.73 Å². The maximum absolute atomic E-state index is 14.3. The van der Waals surface area contributed by atoms with Crippen LogP contribution in [0.5, 0.6) is 0 Å². The maximum atomic E-state index is 14.3. The highest BCUT2D eigenvalue weighted by atomic mass is 19.1. The SMILES string of the molecule is CCCN(CCC)C(=O)C1=CC(C)=CC(C(N)=O)([C@H](Cc2cc(F)cc(F)c2)[C@@H](O)CN[C@H]2c3ccccc3C[C@H]2O)C1. The van der Waals surface area contributed by atoms with Gasteiger partial charge in [-0.1, -0.05) is 55.8 Å². The van der Waals surface area contributed by atoms with E-state index in [1.807, 2.05) is 38.1 Å². The molecule has 0 radical (unpaired) electrons. The van der Waals surface area contributed by atoms with Gasteiger partial charge in [-0.05, 0) is 61.4 Å². The highest BCUT2D eigenvalue weighted by molar-refractivity contribution is 5.97. The third-order valence-corrected chi connectivity index (χ3v) is 8.63. The van der Waals surface area contributed by atoms with Crippen LogP contribution < -0.4 is 11.1 Å². The Morgan fingerprint density at radius 2 is 1.77 bits per heavy atom. The number of carbonyl (C=O) groups excluding carboxylic acids is 2. The second-order valence-electron chi connectivity index (χ2n) is 11.9. The summed E-state index contributed by atoms with van der Waals surface area (Å²) in [6.07, 6.45) is 3.34. The van der Waals surface area contributed by atoms with E-state index in [0.29, 0.717) is 30.7 Å². The molecule has 0 fully saturated rings. The smallest absolute Gasteiger partial charge is 0.249 e. The number of aliphatic hydroxyl groups excluding tert-OH is 2. The first-order valence-electron chi connectivity index (χ1n) is 15.1. The summed E-state index contributed by atoms with van der Waals surface area (Å²) < 4.78 is 28.5. The number of fused-ring (bicyclic) bond motifs is 1. The number of nitrogens with two attached hydrogens (primary N) is 1. The van der Waals surface area contributed by atoms with E-state index in [2.05, 4.69) is 5.32 Å². The van der Waals surface area contributed by atoms with Gasteiger partial charge in [0, 0.05) is 43.6 Å². The number of nitrogens with one attached hydrogen (secondary N) is 1. The summed E-state index contributed by atoms with van der Waals surface area (Å²) in [4.78, 5) is 28.9. The van der Waals surface area contributed by atoms with Crippen LogP contribution in [0.2, 0.25) is 0 Å². The Balaban J connectivity index is 1.70. The average molecular weight is 596 g/mol. The van der Waals surface area contributed by atoms with E-state index in [0.717, 1.165) is 30.0 Å². The molecule has 232 valence electrons. The Morgan fingerprint density at radius 3 is 2.40 bits per heavy atom. The Bertz CT molecular complexity index is 1370. The van der Waals surface area contributed by atoms with E-state index in [-0.39, 0.29) is 30.9 Å². The molecular weight excluding hydrogens is 552 g/mol. The number of halogens is 2. The first-order valence-corrected chi connectivity index (χ1v) is 15.1. The monoisotopic (exact) mass is 595 g/mol. The average Bonchev–Trinajstić information content (AvgIpc) is 3.27. The minimum absolute atomic E-state index is 0.0365. The number of hydrogen-bond acceptors (Lipinski definition) is 5. The van der Waals surface area contributed by atoms with Crippen molar-refractivity contribution < 1.29 is 28.6 Å². The molecule has 0 spiro atoms. The zero-order chi connectivity index (χ0) is 31.3. The molecule has 0 aromatic heterocycles. The van der Waals surface area contributed by atoms with Crippen molar-refractivity contribution in [3.63, 3.8) is 0 Å². The summed E-state index contributed by atoms with van der Waals surface area (Å²) >= 11 is 0. The van der Waals surface area contributed by atoms with Gasteiger partial charge in [0.1, 0.15) is 11.6 Å². The molecule has 5 N–H and O–H groups in total. The number of amides is 2. The summed E-state index contributed by atoms with van der Waals surface area (Å²) in [7, 11) is 0. The number of benzene rings is 2. The number of carbonyl (C=O) groups is 2. The molecule has 0 heterocycles. The minimum atomic E-state index is -1.52. The molecule has 43 heavy (non-hydrogen) atoms. The zero-order valence-corrected chi connectivity index (χ0v) is 25.2. The normalized spacial score (nSPS) is 22.8. The summed E-state index contributed by atoms with van der Waals surface area (Å²) in [6.45, 7) is 6.82. The van der Waals surface area contributed by atoms with Crippen LogP contribution in [-0.4, -0.2) is 58.8 Å². The lowest BCUT2D eigenvalue weighted by Crippen LogP contribution is -2.52. The van der Waals surface area contributed by atoms with E-state index < -0.39 is 47.1 Å². The van der Waals surface area contributed by atoms with Crippen LogP contribution in [0.25, 0.3) is 0 Å². The van der Waals surface area contributed by atoms with Crippen molar-refractivity contribution in [3.8, 4) is 0 Å². The maximum Gasteiger partial charge on any atom is 0.249 e. The number of aliphatic hydroxyl groups is 2. The molecule has 2 aliphatic rings. The topological polar surface area (TPSA) is 116 Å². The molecule has 0 saturated carbocycles. The van der Waals surface area contributed by atoms with Crippen molar-refractivity contribution in [2.24, 2.45) is 17.1 Å². The second-order valence-corrected chi connectivity index (χ2v) is 11.9. The van der Waals surface area contributed by atoms with Gasteiger partial charge in [0.2, 0.25) is 11.8 Å². The second kappa shape index (κ2) is 13.9. The van der Waals surface area contributed by atoms with Crippen LogP contribution >= 0.6 is 0 Å². The molecule has 2 aromatic rings. The standard InChI is InChI=1S/C34H43F2N3O4/c1-4-10-39(11-5-2)32(42)24-12-21(3)18-34(19-24,33(37)43)28(15-22-13-25(35)17-26(36)14-22)30(41)20-38-31-27-9-7-6-8-23(27)16-29(31)40/h6-9,12-14,17-18,28-31,38,40-41H,4-5,10-11,15-16,19-20H2,1-3H3,(H2,37,43)/t28-,29-,30+,31+,34?/m1/s1. The number of rotatable bonds is 13. The fraction of sp³-hybridized carbons (Fsp3) is 0.471. The van der Waals surface area contributed by atoms with Gasteiger partial charge in [-0.25, -0.2) is 8.78 Å². The number of nitrogens with zero attached hydrogens (tertiary/aromatic N) is 1. The lowest BCUT2D eigenvalue weighted by Gasteiger charge is -2.42. The molecule has 0 bridgehead atoms. The fourth-order valence-corrected chi connectivity index (χ4v) is 6.77. The molecule has 5 atom stereocenters. The zero-order valence-electron chi connectivity index (χ0n) is 25.2. The molecule has 9 heteroatoms. The molecule has 0 saturated heterocycles. The van der Waals surface area contributed by atoms with E-state index in [1.54, 1.807) is 24.0 Å². The third-order valence-electron chi connectivity index (χ3n) is 8.63. The molecule has 2 amide bonds. The van der Waals surface area contributed by atoms with Gasteiger partial charge < -0.3 is 26.2 Å². The summed E-state index contributed by atoms with van der Waals surface area (Å²) in [5.41, 5.74) is 7.81. The Kier molecular flexibility index (Phi) is 10.5. The van der Waals surface area contributed by atoms with Crippen molar-refractivity contribution in [2.45, 2.75) is 71.1 Å². The summed E-state index contributed by atoms with van der Waals surface area (Å²) in [5, 5.41) is 25.8. The van der Waals surface area contributed by atoms with Crippen LogP contribution in [0.4, 0.5) is 8.78 Å². The highest BCUT2D eigenvalue weighted by Gasteiger charge is 2.49. The highest BCUT2D eigenvalue weighted by Crippen LogP contribution is 2.45.